The Balaban J connectivity index is 1.76. The van der Waals surface area contributed by atoms with Crippen molar-refractivity contribution in [2.24, 2.45) is 0 Å². The first kappa shape index (κ1) is 17.8. The number of nitrogens with zero attached hydrogens (tertiary/aromatic N) is 1. The molecule has 6 nitrogen and oxygen atoms in total. The molecule has 2 N–H and O–H groups in total. The minimum Gasteiger partial charge on any atom is -0.482 e. The molecule has 2 aromatic carbocycles. The molecular weight excluding hydrogens is 354 g/mol. The Bertz CT molecular complexity index is 865. The highest BCUT2D eigenvalue weighted by Gasteiger charge is 2.25. The summed E-state index contributed by atoms with van der Waals surface area (Å²) in [6.45, 7) is 6.10. The van der Waals surface area contributed by atoms with Crippen LogP contribution in [0.1, 0.15) is 6.92 Å². The van der Waals surface area contributed by atoms with Crippen molar-refractivity contribution in [2.45, 2.75) is 6.92 Å². The third-order valence-corrected chi connectivity index (χ3v) is 3.94. The molecule has 0 aromatic heterocycles. The van der Waals surface area contributed by atoms with Gasteiger partial charge in [-0.05, 0) is 49.4 Å². The van der Waals surface area contributed by atoms with Gasteiger partial charge in [0, 0.05) is 22.9 Å². The van der Waals surface area contributed by atoms with Crippen molar-refractivity contribution in [3.8, 4) is 5.75 Å². The van der Waals surface area contributed by atoms with Gasteiger partial charge in [-0.2, -0.15) is 0 Å². The van der Waals surface area contributed by atoms with Crippen molar-refractivity contribution < 1.29 is 14.3 Å². The number of fused-ring (bicyclic) bond motifs is 1. The standard InChI is InChI=1S/C19H18ClN3O3/c1-12(2)10-23-16-9-15(7-8-17(16)26-11-18(23)24)22-19(25)21-14-5-3-13(20)4-6-14/h3-9H,1,10-11H2,2H3,(H2,21,22,25). The Hall–Kier alpha value is -2.99. The van der Waals surface area contributed by atoms with Crippen LogP contribution in [0.2, 0.25) is 5.02 Å². The van der Waals surface area contributed by atoms with Crippen molar-refractivity contribution in [3.05, 3.63) is 59.6 Å². The van der Waals surface area contributed by atoms with Crippen molar-refractivity contribution in [2.75, 3.05) is 28.7 Å². The van der Waals surface area contributed by atoms with E-state index in [1.165, 1.54) is 0 Å². The molecule has 0 fully saturated rings. The summed E-state index contributed by atoms with van der Waals surface area (Å²) in [5, 5.41) is 6.05. The van der Waals surface area contributed by atoms with Gasteiger partial charge in [-0.3, -0.25) is 4.79 Å². The number of carbonyl (C=O) groups excluding carboxylic acids is 2. The maximum absolute atomic E-state index is 12.2. The molecule has 1 aliphatic rings. The smallest absolute Gasteiger partial charge is 0.323 e. The van der Waals surface area contributed by atoms with E-state index in [0.29, 0.717) is 34.4 Å². The predicted octanol–water partition coefficient (Wildman–Crippen LogP) is 4.29. The summed E-state index contributed by atoms with van der Waals surface area (Å²) in [7, 11) is 0. The summed E-state index contributed by atoms with van der Waals surface area (Å²) < 4.78 is 5.45. The normalized spacial score (nSPS) is 12.8. The predicted molar refractivity (Wildman–Crippen MR) is 103 cm³/mol. The monoisotopic (exact) mass is 371 g/mol. The first-order valence-electron chi connectivity index (χ1n) is 7.97. The summed E-state index contributed by atoms with van der Waals surface area (Å²) in [5.74, 6) is 0.442. The van der Waals surface area contributed by atoms with Crippen LogP contribution in [-0.2, 0) is 4.79 Å². The molecule has 26 heavy (non-hydrogen) atoms. The minimum atomic E-state index is -0.401. The first-order chi connectivity index (χ1) is 12.4. The van der Waals surface area contributed by atoms with Crippen LogP contribution >= 0.6 is 11.6 Å². The molecule has 1 aliphatic heterocycles. The topological polar surface area (TPSA) is 70.7 Å². The average molecular weight is 372 g/mol. The van der Waals surface area contributed by atoms with Crippen LogP contribution in [0.5, 0.6) is 5.75 Å². The van der Waals surface area contributed by atoms with Gasteiger partial charge in [-0.15, -0.1) is 0 Å². The second-order valence-electron chi connectivity index (χ2n) is 5.99. The van der Waals surface area contributed by atoms with E-state index in [4.69, 9.17) is 16.3 Å². The van der Waals surface area contributed by atoms with Gasteiger partial charge in [0.25, 0.3) is 5.91 Å². The quantitative estimate of drug-likeness (QED) is 0.788. The number of nitrogens with one attached hydrogen (secondary N) is 2. The second-order valence-corrected chi connectivity index (χ2v) is 6.43. The fourth-order valence-electron chi connectivity index (χ4n) is 2.55. The average Bonchev–Trinajstić information content (AvgIpc) is 2.59. The van der Waals surface area contributed by atoms with Crippen LogP contribution in [-0.4, -0.2) is 25.1 Å². The number of ether oxygens (including phenoxy) is 1. The molecule has 3 rings (SSSR count). The van der Waals surface area contributed by atoms with Crippen molar-refractivity contribution in [1.82, 2.24) is 0 Å². The van der Waals surface area contributed by atoms with E-state index in [9.17, 15) is 9.59 Å². The molecule has 1 heterocycles. The van der Waals surface area contributed by atoms with E-state index in [0.717, 1.165) is 5.57 Å². The van der Waals surface area contributed by atoms with E-state index in [1.54, 1.807) is 47.4 Å². The molecule has 3 amide bonds. The number of carbonyl (C=O) groups is 2. The number of rotatable bonds is 4. The lowest BCUT2D eigenvalue weighted by molar-refractivity contribution is -0.121. The summed E-state index contributed by atoms with van der Waals surface area (Å²) in [6, 6.07) is 11.5. The summed E-state index contributed by atoms with van der Waals surface area (Å²) in [6.07, 6.45) is 0. The van der Waals surface area contributed by atoms with Crippen LogP contribution in [0.25, 0.3) is 0 Å². The van der Waals surface area contributed by atoms with Crippen molar-refractivity contribution in [1.29, 1.82) is 0 Å². The largest absolute Gasteiger partial charge is 0.482 e. The zero-order chi connectivity index (χ0) is 18.7. The molecule has 0 saturated carbocycles. The van der Waals surface area contributed by atoms with Crippen LogP contribution in [0.4, 0.5) is 21.9 Å². The number of urea groups is 1. The molecule has 0 spiro atoms. The van der Waals surface area contributed by atoms with Crippen molar-refractivity contribution >= 4 is 40.6 Å². The third-order valence-electron chi connectivity index (χ3n) is 3.69. The third kappa shape index (κ3) is 4.15. The first-order valence-corrected chi connectivity index (χ1v) is 8.35. The Morgan fingerprint density at radius 3 is 2.54 bits per heavy atom. The molecule has 0 saturated heterocycles. The van der Waals surface area contributed by atoms with Crippen LogP contribution in [0, 0.1) is 0 Å². The van der Waals surface area contributed by atoms with Crippen molar-refractivity contribution in [3.63, 3.8) is 0 Å². The summed E-state index contributed by atoms with van der Waals surface area (Å²) in [5.41, 5.74) is 2.62. The maximum atomic E-state index is 12.2. The highest BCUT2D eigenvalue weighted by atomic mass is 35.5. The molecule has 0 aliphatic carbocycles. The SMILES string of the molecule is C=C(C)CN1C(=O)COc2ccc(NC(=O)Nc3ccc(Cl)cc3)cc21. The Kier molecular flexibility index (Phi) is 5.14. The number of hydrogen-bond donors (Lipinski definition) is 2. The molecule has 0 radical (unpaired) electrons. The van der Waals surface area contributed by atoms with Gasteiger partial charge < -0.3 is 20.3 Å². The zero-order valence-electron chi connectivity index (χ0n) is 14.2. The lowest BCUT2D eigenvalue weighted by Crippen LogP contribution is -2.39. The van der Waals surface area contributed by atoms with Gasteiger partial charge >= 0.3 is 6.03 Å². The van der Waals surface area contributed by atoms with Gasteiger partial charge in [-0.25, -0.2) is 4.79 Å². The highest BCUT2D eigenvalue weighted by Crippen LogP contribution is 2.35. The van der Waals surface area contributed by atoms with Gasteiger partial charge in [0.1, 0.15) is 5.75 Å². The lowest BCUT2D eigenvalue weighted by atomic mass is 10.2. The lowest BCUT2D eigenvalue weighted by Gasteiger charge is -2.30. The fraction of sp³-hybridized carbons (Fsp3) is 0.158. The van der Waals surface area contributed by atoms with Gasteiger partial charge in [-0.1, -0.05) is 23.8 Å². The molecule has 2 aromatic rings. The van der Waals surface area contributed by atoms with Gasteiger partial charge in [0.2, 0.25) is 0 Å². The van der Waals surface area contributed by atoms with E-state index >= 15 is 0 Å². The number of halogens is 1. The second kappa shape index (κ2) is 7.49. The zero-order valence-corrected chi connectivity index (χ0v) is 15.0. The van der Waals surface area contributed by atoms with E-state index in [1.807, 2.05) is 6.92 Å². The van der Waals surface area contributed by atoms with Gasteiger partial charge in [0.15, 0.2) is 6.61 Å². The number of benzene rings is 2. The molecule has 134 valence electrons. The summed E-state index contributed by atoms with van der Waals surface area (Å²) in [4.78, 5) is 25.9. The maximum Gasteiger partial charge on any atom is 0.323 e. The molecule has 0 unspecified atom stereocenters. The number of hydrogen-bond acceptors (Lipinski definition) is 3. The molecule has 0 atom stereocenters. The number of amides is 3. The summed E-state index contributed by atoms with van der Waals surface area (Å²) >= 11 is 5.83. The van der Waals surface area contributed by atoms with Crippen LogP contribution in [0.15, 0.2) is 54.6 Å². The number of anilines is 3. The Morgan fingerprint density at radius 2 is 1.85 bits per heavy atom. The highest BCUT2D eigenvalue weighted by molar-refractivity contribution is 6.30. The van der Waals surface area contributed by atoms with Gasteiger partial charge in [0.05, 0.1) is 5.69 Å². The van der Waals surface area contributed by atoms with E-state index in [2.05, 4.69) is 17.2 Å². The Morgan fingerprint density at radius 1 is 1.19 bits per heavy atom. The molecular formula is C19H18ClN3O3. The van der Waals surface area contributed by atoms with Crippen LogP contribution in [0.3, 0.4) is 0 Å². The van der Waals surface area contributed by atoms with Crippen LogP contribution < -0.4 is 20.3 Å². The fourth-order valence-corrected chi connectivity index (χ4v) is 2.68. The Labute approximate surface area is 156 Å². The van der Waals surface area contributed by atoms with E-state index in [-0.39, 0.29) is 12.5 Å². The minimum absolute atomic E-state index is 0.00981. The molecule has 7 heteroatoms. The molecule has 0 bridgehead atoms. The van der Waals surface area contributed by atoms with E-state index < -0.39 is 6.03 Å².